The molecule has 1 aromatic heterocycles. The van der Waals surface area contributed by atoms with Crippen molar-refractivity contribution in [1.82, 2.24) is 10.2 Å². The first kappa shape index (κ1) is 14.7. The number of hydrogen-bond acceptors (Lipinski definition) is 6. The second kappa shape index (κ2) is 5.75. The van der Waals surface area contributed by atoms with Gasteiger partial charge in [0.2, 0.25) is 5.89 Å². The summed E-state index contributed by atoms with van der Waals surface area (Å²) in [6.45, 7) is 1.53. The van der Waals surface area contributed by atoms with E-state index in [1.54, 1.807) is 6.07 Å². The van der Waals surface area contributed by atoms with Crippen molar-refractivity contribution < 1.29 is 22.7 Å². The molecular formula is C12H11N3O5S. The first-order valence-electron chi connectivity index (χ1n) is 5.71. The van der Waals surface area contributed by atoms with E-state index in [4.69, 9.17) is 9.52 Å². The third-order valence-electron chi connectivity index (χ3n) is 2.33. The molecule has 0 fully saturated rings. The van der Waals surface area contributed by atoms with Crippen LogP contribution in [0.25, 0.3) is 6.08 Å². The van der Waals surface area contributed by atoms with Crippen molar-refractivity contribution in [2.75, 3.05) is 4.72 Å². The van der Waals surface area contributed by atoms with Crippen molar-refractivity contribution in [3.05, 3.63) is 41.8 Å². The number of aromatic nitrogens is 2. The van der Waals surface area contributed by atoms with Gasteiger partial charge < -0.3 is 9.52 Å². The Hall–Kier alpha value is -2.68. The predicted molar refractivity (Wildman–Crippen MR) is 73.0 cm³/mol. The fourth-order valence-electron chi connectivity index (χ4n) is 1.46. The van der Waals surface area contributed by atoms with Gasteiger partial charge in [0.25, 0.3) is 10.0 Å². The van der Waals surface area contributed by atoms with E-state index in [1.165, 1.54) is 31.2 Å². The highest BCUT2D eigenvalue weighted by molar-refractivity contribution is 7.92. The first-order chi connectivity index (χ1) is 9.87. The Morgan fingerprint density at radius 1 is 1.38 bits per heavy atom. The monoisotopic (exact) mass is 309 g/mol. The van der Waals surface area contributed by atoms with Crippen LogP contribution in [0, 0.1) is 6.92 Å². The lowest BCUT2D eigenvalue weighted by Crippen LogP contribution is -2.13. The molecule has 0 radical (unpaired) electrons. The molecule has 1 heterocycles. The van der Waals surface area contributed by atoms with Gasteiger partial charge >= 0.3 is 12.0 Å². The Morgan fingerprint density at radius 2 is 2.14 bits per heavy atom. The van der Waals surface area contributed by atoms with Crippen LogP contribution in [0.5, 0.6) is 0 Å². The van der Waals surface area contributed by atoms with Crippen LogP contribution < -0.4 is 4.72 Å². The number of sulfonamides is 1. The third-order valence-corrected chi connectivity index (χ3v) is 3.65. The van der Waals surface area contributed by atoms with Gasteiger partial charge in [-0.2, -0.15) is 0 Å². The molecule has 8 nitrogen and oxygen atoms in total. The molecule has 21 heavy (non-hydrogen) atoms. The molecule has 2 aromatic rings. The quantitative estimate of drug-likeness (QED) is 0.797. The normalized spacial score (nSPS) is 11.7. The molecule has 2 N–H and O–H groups in total. The van der Waals surface area contributed by atoms with Crippen LogP contribution in [-0.4, -0.2) is 29.7 Å². The predicted octanol–water partition coefficient (Wildman–Crippen LogP) is 1.28. The maximum absolute atomic E-state index is 12.1. The molecule has 1 aromatic carbocycles. The lowest BCUT2D eigenvalue weighted by atomic mass is 10.2. The van der Waals surface area contributed by atoms with E-state index in [-0.39, 0.29) is 16.8 Å². The second-order valence-corrected chi connectivity index (χ2v) is 5.66. The molecule has 0 bridgehead atoms. The van der Waals surface area contributed by atoms with Crippen molar-refractivity contribution in [3.8, 4) is 0 Å². The Kier molecular flexibility index (Phi) is 4.03. The summed E-state index contributed by atoms with van der Waals surface area (Å²) in [4.78, 5) is 10.4. The van der Waals surface area contributed by atoms with E-state index in [9.17, 15) is 13.2 Å². The molecule has 0 saturated carbocycles. The third kappa shape index (κ3) is 3.89. The Balaban J connectivity index is 2.27. The number of carboxylic acids is 1. The minimum Gasteiger partial charge on any atom is -0.478 e. The largest absolute Gasteiger partial charge is 0.478 e. The Labute approximate surface area is 120 Å². The van der Waals surface area contributed by atoms with Gasteiger partial charge in [0, 0.05) is 13.0 Å². The van der Waals surface area contributed by atoms with Gasteiger partial charge in [-0.1, -0.05) is 17.2 Å². The second-order valence-electron chi connectivity index (χ2n) is 3.98. The maximum atomic E-state index is 12.1. The van der Waals surface area contributed by atoms with E-state index in [1.807, 2.05) is 0 Å². The van der Waals surface area contributed by atoms with Crippen LogP contribution in [0.15, 0.2) is 39.7 Å². The van der Waals surface area contributed by atoms with E-state index in [0.29, 0.717) is 5.56 Å². The first-order valence-corrected chi connectivity index (χ1v) is 7.19. The number of aliphatic carboxylic acids is 1. The summed E-state index contributed by atoms with van der Waals surface area (Å²) in [5.41, 5.74) is 0.432. The summed E-state index contributed by atoms with van der Waals surface area (Å²) in [6, 6.07) is 5.53. The molecule has 0 unspecified atom stereocenters. The smallest absolute Gasteiger partial charge is 0.329 e. The number of carbonyl (C=O) groups is 1. The molecule has 0 aliphatic heterocycles. The average molecular weight is 309 g/mol. The minimum absolute atomic E-state index is 0.0501. The lowest BCUT2D eigenvalue weighted by molar-refractivity contribution is -0.131. The standard InChI is InChI=1S/C12H11N3O5S/c1-8-13-14-12(20-8)15-21(18,19)10-4-2-3-9(7-10)5-6-11(16)17/h2-7H,1H3,(H,14,15)(H,16,17)/b6-5+. The number of nitrogens with one attached hydrogen (secondary N) is 1. The molecule has 2 rings (SSSR count). The molecule has 110 valence electrons. The summed E-state index contributed by atoms with van der Waals surface area (Å²) >= 11 is 0. The molecule has 0 saturated heterocycles. The number of nitrogens with zero attached hydrogens (tertiary/aromatic N) is 2. The van der Waals surface area contributed by atoms with Gasteiger partial charge in [-0.25, -0.2) is 17.9 Å². The molecular weight excluding hydrogens is 298 g/mol. The lowest BCUT2D eigenvalue weighted by Gasteiger charge is -2.04. The minimum atomic E-state index is -3.89. The number of carboxylic acid groups (broad SMARTS) is 1. The Morgan fingerprint density at radius 3 is 2.76 bits per heavy atom. The number of benzene rings is 1. The van der Waals surface area contributed by atoms with Crippen LogP contribution in [-0.2, 0) is 14.8 Å². The molecule has 0 atom stereocenters. The molecule has 0 aliphatic rings. The highest BCUT2D eigenvalue weighted by Crippen LogP contribution is 2.16. The Bertz CT molecular complexity index is 795. The molecule has 0 spiro atoms. The van der Waals surface area contributed by atoms with Gasteiger partial charge in [-0.3, -0.25) is 0 Å². The summed E-state index contributed by atoms with van der Waals surface area (Å²) in [5.74, 6) is -0.895. The van der Waals surface area contributed by atoms with Gasteiger partial charge in [-0.15, -0.1) is 5.10 Å². The van der Waals surface area contributed by atoms with Crippen LogP contribution in [0.4, 0.5) is 6.01 Å². The topological polar surface area (TPSA) is 122 Å². The zero-order chi connectivity index (χ0) is 15.5. The number of hydrogen-bond donors (Lipinski definition) is 2. The summed E-state index contributed by atoms with van der Waals surface area (Å²) in [6.07, 6.45) is 2.21. The van der Waals surface area contributed by atoms with Gasteiger partial charge in [0.15, 0.2) is 0 Å². The highest BCUT2D eigenvalue weighted by Gasteiger charge is 2.17. The fourth-order valence-corrected chi connectivity index (χ4v) is 2.44. The van der Waals surface area contributed by atoms with Crippen molar-refractivity contribution in [1.29, 1.82) is 0 Å². The van der Waals surface area contributed by atoms with E-state index in [2.05, 4.69) is 14.9 Å². The van der Waals surface area contributed by atoms with E-state index < -0.39 is 16.0 Å². The van der Waals surface area contributed by atoms with Gasteiger partial charge in [0.05, 0.1) is 4.90 Å². The molecule has 0 aliphatic carbocycles. The van der Waals surface area contributed by atoms with Crippen LogP contribution in [0.3, 0.4) is 0 Å². The molecule has 9 heteroatoms. The summed E-state index contributed by atoms with van der Waals surface area (Å²) in [7, 11) is -3.89. The van der Waals surface area contributed by atoms with E-state index >= 15 is 0 Å². The summed E-state index contributed by atoms with van der Waals surface area (Å²) < 4.78 is 31.3. The van der Waals surface area contributed by atoms with Crippen molar-refractivity contribution in [3.63, 3.8) is 0 Å². The fraction of sp³-hybridized carbons (Fsp3) is 0.0833. The number of anilines is 1. The summed E-state index contributed by atoms with van der Waals surface area (Å²) in [5, 5.41) is 15.6. The van der Waals surface area contributed by atoms with Crippen molar-refractivity contribution >= 4 is 28.1 Å². The van der Waals surface area contributed by atoms with Crippen molar-refractivity contribution in [2.24, 2.45) is 0 Å². The van der Waals surface area contributed by atoms with Crippen molar-refractivity contribution in [2.45, 2.75) is 11.8 Å². The van der Waals surface area contributed by atoms with Crippen LogP contribution in [0.1, 0.15) is 11.5 Å². The van der Waals surface area contributed by atoms with Crippen LogP contribution in [0.2, 0.25) is 0 Å². The molecule has 0 amide bonds. The average Bonchev–Trinajstić information content (AvgIpc) is 2.81. The SMILES string of the molecule is Cc1nnc(NS(=O)(=O)c2cccc(/C=C/C(=O)O)c2)o1. The zero-order valence-electron chi connectivity index (χ0n) is 10.8. The highest BCUT2D eigenvalue weighted by atomic mass is 32.2. The number of aryl methyl sites for hydroxylation is 1. The van der Waals surface area contributed by atoms with Gasteiger partial charge in [-0.05, 0) is 23.8 Å². The van der Waals surface area contributed by atoms with E-state index in [0.717, 1.165) is 6.08 Å². The number of rotatable bonds is 5. The van der Waals surface area contributed by atoms with Gasteiger partial charge in [0.1, 0.15) is 0 Å². The van der Waals surface area contributed by atoms with Crippen LogP contribution >= 0.6 is 0 Å². The zero-order valence-corrected chi connectivity index (χ0v) is 11.7. The maximum Gasteiger partial charge on any atom is 0.329 e.